The summed E-state index contributed by atoms with van der Waals surface area (Å²) in [5, 5.41) is 0. The van der Waals surface area contributed by atoms with Gasteiger partial charge < -0.3 is 0 Å². The maximum Gasteiger partial charge on any atom is 0.133 e. The van der Waals surface area contributed by atoms with Crippen molar-refractivity contribution in [3.8, 4) is 0 Å². The van der Waals surface area contributed by atoms with E-state index in [0.717, 1.165) is 30.6 Å². The van der Waals surface area contributed by atoms with E-state index >= 15 is 0 Å². The van der Waals surface area contributed by atoms with Crippen LogP contribution in [0.4, 0.5) is 0 Å². The Morgan fingerprint density at radius 3 is 2.80 bits per heavy atom. The Labute approximate surface area is 123 Å². The van der Waals surface area contributed by atoms with Crippen molar-refractivity contribution in [1.29, 1.82) is 0 Å². The monoisotopic (exact) mass is 272 g/mol. The van der Waals surface area contributed by atoms with Crippen LogP contribution in [0.1, 0.15) is 65.2 Å². The molecule has 0 bridgehead atoms. The van der Waals surface area contributed by atoms with Crippen LogP contribution in [0, 0.1) is 34.5 Å². The molecule has 0 N–H and O–H groups in total. The molecule has 4 aliphatic carbocycles. The number of hydrogen-bond acceptors (Lipinski definition) is 1. The molecule has 4 aliphatic rings. The zero-order valence-corrected chi connectivity index (χ0v) is 13.0. The van der Waals surface area contributed by atoms with Crippen molar-refractivity contribution in [2.45, 2.75) is 65.2 Å². The number of carbonyl (C=O) groups excluding carboxylic acids is 1. The zero-order valence-electron chi connectivity index (χ0n) is 13.0. The summed E-state index contributed by atoms with van der Waals surface area (Å²) in [7, 11) is 0. The highest BCUT2D eigenvalue weighted by Gasteiger charge is 2.56. The molecule has 0 radical (unpaired) electrons. The standard InChI is InChI=1S/C19H28O/c1-18-9-3-4-16(18)15-6-5-13-12-14(20)7-11-19(13,2)17(15)8-10-18/h3,9,13,15-17H,4-8,10-12H2,1-2H3/t13-,15-,16-,17-,18-,19-/m0/s1. The number of fused-ring (bicyclic) bond motifs is 5. The van der Waals surface area contributed by atoms with Crippen molar-refractivity contribution >= 4 is 5.78 Å². The first kappa shape index (κ1) is 13.1. The van der Waals surface area contributed by atoms with Crippen LogP contribution in [0.25, 0.3) is 0 Å². The largest absolute Gasteiger partial charge is 0.300 e. The zero-order chi connectivity index (χ0) is 14.0. The fourth-order valence-electron chi connectivity index (χ4n) is 6.53. The predicted octanol–water partition coefficient (Wildman–Crippen LogP) is 4.76. The van der Waals surface area contributed by atoms with E-state index in [-0.39, 0.29) is 0 Å². The fraction of sp³-hybridized carbons (Fsp3) is 0.842. The van der Waals surface area contributed by atoms with Crippen molar-refractivity contribution in [1.82, 2.24) is 0 Å². The molecule has 0 unspecified atom stereocenters. The van der Waals surface area contributed by atoms with Gasteiger partial charge in [0, 0.05) is 12.8 Å². The predicted molar refractivity (Wildman–Crippen MR) is 81.3 cm³/mol. The Balaban J connectivity index is 1.64. The van der Waals surface area contributed by atoms with Gasteiger partial charge in [-0.2, -0.15) is 0 Å². The summed E-state index contributed by atoms with van der Waals surface area (Å²) in [5.41, 5.74) is 0.968. The lowest BCUT2D eigenvalue weighted by molar-refractivity contribution is -0.136. The van der Waals surface area contributed by atoms with E-state index in [1.165, 1.54) is 38.5 Å². The number of allylic oxidation sites excluding steroid dienone is 2. The van der Waals surface area contributed by atoms with Crippen LogP contribution in [0.15, 0.2) is 12.2 Å². The Morgan fingerprint density at radius 1 is 1.10 bits per heavy atom. The minimum Gasteiger partial charge on any atom is -0.300 e. The Bertz CT molecular complexity index is 464. The molecule has 0 aliphatic heterocycles. The minimum atomic E-state index is 0.473. The Morgan fingerprint density at radius 2 is 1.95 bits per heavy atom. The van der Waals surface area contributed by atoms with E-state index < -0.39 is 0 Å². The van der Waals surface area contributed by atoms with Gasteiger partial charge in [0.05, 0.1) is 0 Å². The average Bonchev–Trinajstić information content (AvgIpc) is 2.81. The lowest BCUT2D eigenvalue weighted by atomic mass is 9.45. The Kier molecular flexibility index (Phi) is 2.76. The van der Waals surface area contributed by atoms with Gasteiger partial charge in [-0.25, -0.2) is 0 Å². The van der Waals surface area contributed by atoms with Crippen LogP contribution in [-0.4, -0.2) is 5.78 Å². The summed E-state index contributed by atoms with van der Waals surface area (Å²) in [6.07, 6.45) is 14.7. The average molecular weight is 272 g/mol. The number of hydrogen-bond donors (Lipinski definition) is 0. The highest BCUT2D eigenvalue weighted by molar-refractivity contribution is 5.79. The summed E-state index contributed by atoms with van der Waals surface area (Å²) < 4.78 is 0. The summed E-state index contributed by atoms with van der Waals surface area (Å²) in [4.78, 5) is 11.8. The second-order valence-electron chi connectivity index (χ2n) is 8.58. The molecule has 110 valence electrons. The van der Waals surface area contributed by atoms with Crippen LogP contribution >= 0.6 is 0 Å². The molecule has 0 spiro atoms. The van der Waals surface area contributed by atoms with Crippen LogP contribution in [0.5, 0.6) is 0 Å². The molecule has 3 saturated carbocycles. The summed E-state index contributed by atoms with van der Waals surface area (Å²) in [5.74, 6) is 3.96. The van der Waals surface area contributed by atoms with Crippen molar-refractivity contribution in [2.75, 3.05) is 0 Å². The van der Waals surface area contributed by atoms with E-state index in [4.69, 9.17) is 0 Å². The molecular formula is C19H28O. The molecule has 0 aromatic rings. The first-order valence-electron chi connectivity index (χ1n) is 8.72. The molecule has 0 saturated heterocycles. The van der Waals surface area contributed by atoms with Gasteiger partial charge in [-0.3, -0.25) is 4.79 Å². The lowest BCUT2D eigenvalue weighted by Gasteiger charge is -2.59. The summed E-state index contributed by atoms with van der Waals surface area (Å²) in [6, 6.07) is 0. The second-order valence-corrected chi connectivity index (χ2v) is 8.58. The van der Waals surface area contributed by atoms with Crippen LogP contribution in [-0.2, 0) is 4.79 Å². The third-order valence-corrected chi connectivity index (χ3v) is 7.81. The van der Waals surface area contributed by atoms with Gasteiger partial charge in [-0.1, -0.05) is 26.0 Å². The third kappa shape index (κ3) is 1.64. The first-order chi connectivity index (χ1) is 9.53. The quantitative estimate of drug-likeness (QED) is 0.581. The number of rotatable bonds is 0. The SMILES string of the molecule is C[C@]12CCC(=O)C[C@@H]1CC[C@@H]1[C@@H]2CC[C@]2(C)C=CC[C@@H]12. The van der Waals surface area contributed by atoms with Gasteiger partial charge in [0.15, 0.2) is 0 Å². The van der Waals surface area contributed by atoms with Crippen molar-refractivity contribution in [2.24, 2.45) is 34.5 Å². The second kappa shape index (κ2) is 4.21. The van der Waals surface area contributed by atoms with Gasteiger partial charge in [0.1, 0.15) is 5.78 Å². The van der Waals surface area contributed by atoms with Crippen LogP contribution in [0.2, 0.25) is 0 Å². The lowest BCUT2D eigenvalue weighted by Crippen LogP contribution is -2.52. The van der Waals surface area contributed by atoms with E-state index in [1.54, 1.807) is 0 Å². The molecule has 0 aromatic heterocycles. The van der Waals surface area contributed by atoms with E-state index in [0.29, 0.717) is 22.5 Å². The van der Waals surface area contributed by atoms with Crippen molar-refractivity contribution < 1.29 is 4.79 Å². The van der Waals surface area contributed by atoms with Gasteiger partial charge in [-0.15, -0.1) is 0 Å². The summed E-state index contributed by atoms with van der Waals surface area (Å²) in [6.45, 7) is 5.03. The normalized spacial score (nSPS) is 54.2. The maximum atomic E-state index is 11.8. The van der Waals surface area contributed by atoms with E-state index in [9.17, 15) is 4.79 Å². The molecule has 3 fully saturated rings. The smallest absolute Gasteiger partial charge is 0.133 e. The molecule has 6 atom stereocenters. The number of Topliss-reactive ketones (excluding diaryl/α,β-unsaturated/α-hetero) is 1. The van der Waals surface area contributed by atoms with Gasteiger partial charge in [-0.05, 0) is 73.0 Å². The maximum absolute atomic E-state index is 11.8. The Hall–Kier alpha value is -0.590. The van der Waals surface area contributed by atoms with Crippen LogP contribution in [0.3, 0.4) is 0 Å². The highest BCUT2D eigenvalue weighted by atomic mass is 16.1. The molecular weight excluding hydrogens is 244 g/mol. The van der Waals surface area contributed by atoms with Crippen molar-refractivity contribution in [3.05, 3.63) is 12.2 Å². The first-order valence-corrected chi connectivity index (χ1v) is 8.72. The van der Waals surface area contributed by atoms with Gasteiger partial charge >= 0.3 is 0 Å². The molecule has 4 rings (SSSR count). The van der Waals surface area contributed by atoms with Gasteiger partial charge in [0.25, 0.3) is 0 Å². The minimum absolute atomic E-state index is 0.473. The fourth-order valence-corrected chi connectivity index (χ4v) is 6.53. The van der Waals surface area contributed by atoms with Crippen LogP contribution < -0.4 is 0 Å². The third-order valence-electron chi connectivity index (χ3n) is 7.81. The van der Waals surface area contributed by atoms with Gasteiger partial charge in [0.2, 0.25) is 0 Å². The molecule has 0 amide bonds. The highest BCUT2D eigenvalue weighted by Crippen LogP contribution is 2.64. The van der Waals surface area contributed by atoms with E-state index in [2.05, 4.69) is 26.0 Å². The molecule has 0 aromatic carbocycles. The molecule has 1 nitrogen and oxygen atoms in total. The topological polar surface area (TPSA) is 17.1 Å². The number of ketones is 1. The summed E-state index contributed by atoms with van der Waals surface area (Å²) >= 11 is 0. The number of carbonyl (C=O) groups is 1. The molecule has 20 heavy (non-hydrogen) atoms. The molecule has 1 heteroatoms. The van der Waals surface area contributed by atoms with Crippen molar-refractivity contribution in [3.63, 3.8) is 0 Å². The van der Waals surface area contributed by atoms with E-state index in [1.807, 2.05) is 0 Å². The molecule has 0 heterocycles.